The van der Waals surface area contributed by atoms with E-state index in [0.717, 1.165) is 26.1 Å². The van der Waals surface area contributed by atoms with E-state index in [2.05, 4.69) is 11.8 Å². The van der Waals surface area contributed by atoms with Crippen molar-refractivity contribution in [3.05, 3.63) is 0 Å². The molecule has 2 atom stereocenters. The molecule has 1 saturated heterocycles. The fourth-order valence-electron chi connectivity index (χ4n) is 2.45. The highest BCUT2D eigenvalue weighted by molar-refractivity contribution is 5.72. The lowest BCUT2D eigenvalue weighted by Gasteiger charge is -2.38. The third-order valence-electron chi connectivity index (χ3n) is 3.12. The van der Waals surface area contributed by atoms with Crippen molar-refractivity contribution in [1.82, 2.24) is 4.90 Å². The van der Waals surface area contributed by atoms with Crippen LogP contribution in [0.25, 0.3) is 0 Å². The number of piperidine rings is 1. The lowest BCUT2D eigenvalue weighted by Crippen LogP contribution is -2.50. The molecule has 0 spiro atoms. The van der Waals surface area contributed by atoms with Gasteiger partial charge in [0.05, 0.1) is 13.0 Å². The first-order valence-electron chi connectivity index (χ1n) is 5.92. The lowest BCUT2D eigenvalue weighted by atomic mass is 9.86. The number of likely N-dealkylation sites (tertiary alicyclic amines) is 1. The van der Waals surface area contributed by atoms with E-state index in [1.54, 1.807) is 0 Å². The third kappa shape index (κ3) is 3.76. The molecule has 1 aliphatic rings. The highest BCUT2D eigenvalue weighted by Crippen LogP contribution is 2.25. The van der Waals surface area contributed by atoms with Gasteiger partial charge in [-0.15, -0.1) is 0 Å². The number of hydrogen-bond donors (Lipinski definition) is 1. The molecule has 1 heterocycles. The van der Waals surface area contributed by atoms with Gasteiger partial charge in [0, 0.05) is 18.6 Å². The summed E-state index contributed by atoms with van der Waals surface area (Å²) in [7, 11) is 1.46. The third-order valence-corrected chi connectivity index (χ3v) is 3.12. The molecule has 0 radical (unpaired) electrons. The Kier molecular flexibility index (Phi) is 4.33. The van der Waals surface area contributed by atoms with E-state index in [4.69, 9.17) is 10.5 Å². The first kappa shape index (κ1) is 13.5. The molecule has 4 nitrogen and oxygen atoms in total. The second-order valence-corrected chi connectivity index (χ2v) is 5.62. The maximum absolute atomic E-state index is 11.5. The molecule has 2 N–H and O–H groups in total. The largest absolute Gasteiger partial charge is 0.469 e. The highest BCUT2D eigenvalue weighted by atomic mass is 16.5. The van der Waals surface area contributed by atoms with Gasteiger partial charge in [0.1, 0.15) is 0 Å². The van der Waals surface area contributed by atoms with Crippen LogP contribution < -0.4 is 5.73 Å². The molecule has 0 amide bonds. The number of rotatable bonds is 3. The smallest absolute Gasteiger partial charge is 0.309 e. The molecule has 4 heteroatoms. The minimum absolute atomic E-state index is 0.0575. The average molecular weight is 228 g/mol. The first-order chi connectivity index (χ1) is 7.33. The van der Waals surface area contributed by atoms with Crippen molar-refractivity contribution in [3.63, 3.8) is 0 Å². The molecular formula is C12H24N2O2. The zero-order chi connectivity index (χ0) is 12.3. The van der Waals surface area contributed by atoms with Crippen molar-refractivity contribution in [3.8, 4) is 0 Å². The normalized spacial score (nSPS) is 27.8. The molecule has 1 rings (SSSR count). The maximum Gasteiger partial charge on any atom is 0.309 e. The molecule has 2 unspecified atom stereocenters. The molecule has 0 aliphatic carbocycles. The molecule has 16 heavy (non-hydrogen) atoms. The summed E-state index contributed by atoms with van der Waals surface area (Å²) in [4.78, 5) is 13.8. The van der Waals surface area contributed by atoms with Crippen LogP contribution in [-0.2, 0) is 9.53 Å². The fourth-order valence-corrected chi connectivity index (χ4v) is 2.45. The van der Waals surface area contributed by atoms with E-state index < -0.39 is 0 Å². The molecule has 0 bridgehead atoms. The Morgan fingerprint density at radius 2 is 2.19 bits per heavy atom. The quantitative estimate of drug-likeness (QED) is 0.728. The van der Waals surface area contributed by atoms with Gasteiger partial charge in [-0.2, -0.15) is 0 Å². The molecule has 94 valence electrons. The average Bonchev–Trinajstić information content (AvgIpc) is 2.14. The van der Waals surface area contributed by atoms with Gasteiger partial charge in [0.2, 0.25) is 0 Å². The minimum atomic E-state index is -0.169. The molecule has 1 fully saturated rings. The highest BCUT2D eigenvalue weighted by Gasteiger charge is 2.33. The van der Waals surface area contributed by atoms with Crippen LogP contribution >= 0.6 is 0 Å². The summed E-state index contributed by atoms with van der Waals surface area (Å²) in [5, 5.41) is 0. The van der Waals surface area contributed by atoms with Gasteiger partial charge in [0.15, 0.2) is 0 Å². The van der Waals surface area contributed by atoms with Gasteiger partial charge in [-0.25, -0.2) is 0 Å². The van der Waals surface area contributed by atoms with Crippen molar-refractivity contribution in [2.75, 3.05) is 26.7 Å². The number of carbonyl (C=O) groups excluding carboxylic acids is 1. The minimum Gasteiger partial charge on any atom is -0.469 e. The number of hydrogen-bond acceptors (Lipinski definition) is 4. The van der Waals surface area contributed by atoms with Crippen LogP contribution in [0.3, 0.4) is 0 Å². The van der Waals surface area contributed by atoms with Gasteiger partial charge < -0.3 is 15.4 Å². The van der Waals surface area contributed by atoms with E-state index in [0.29, 0.717) is 5.92 Å². The van der Waals surface area contributed by atoms with Crippen molar-refractivity contribution < 1.29 is 9.53 Å². The standard InChI is InChI=1S/C12H24N2O2/c1-9-7-14(8-12(2,3)13)6-5-10(9)11(15)16-4/h9-10H,5-8,13H2,1-4H3. The van der Waals surface area contributed by atoms with Crippen LogP contribution in [-0.4, -0.2) is 43.2 Å². The van der Waals surface area contributed by atoms with Crippen LogP contribution in [0.15, 0.2) is 0 Å². The fraction of sp³-hybridized carbons (Fsp3) is 0.917. The van der Waals surface area contributed by atoms with Crippen molar-refractivity contribution in [2.24, 2.45) is 17.6 Å². The van der Waals surface area contributed by atoms with Gasteiger partial charge in [-0.3, -0.25) is 4.79 Å². The summed E-state index contributed by atoms with van der Waals surface area (Å²) >= 11 is 0. The van der Waals surface area contributed by atoms with Gasteiger partial charge in [0.25, 0.3) is 0 Å². The van der Waals surface area contributed by atoms with Crippen LogP contribution in [0.2, 0.25) is 0 Å². The summed E-state index contributed by atoms with van der Waals surface area (Å²) in [5.41, 5.74) is 5.83. The molecule has 0 saturated carbocycles. The number of esters is 1. The van der Waals surface area contributed by atoms with E-state index in [-0.39, 0.29) is 17.4 Å². The Morgan fingerprint density at radius 3 is 2.62 bits per heavy atom. The predicted molar refractivity (Wildman–Crippen MR) is 64.0 cm³/mol. The van der Waals surface area contributed by atoms with Gasteiger partial charge in [-0.05, 0) is 32.7 Å². The molecule has 0 aromatic carbocycles. The van der Waals surface area contributed by atoms with Crippen molar-refractivity contribution in [2.45, 2.75) is 32.7 Å². The van der Waals surface area contributed by atoms with Crippen LogP contribution in [0.1, 0.15) is 27.2 Å². The number of ether oxygens (including phenoxy) is 1. The zero-order valence-electron chi connectivity index (χ0n) is 10.8. The SMILES string of the molecule is COC(=O)C1CCN(CC(C)(C)N)CC1C. The molecular weight excluding hydrogens is 204 g/mol. The number of methoxy groups -OCH3 is 1. The van der Waals surface area contributed by atoms with E-state index in [1.165, 1.54) is 7.11 Å². The second-order valence-electron chi connectivity index (χ2n) is 5.62. The monoisotopic (exact) mass is 228 g/mol. The summed E-state index contributed by atoms with van der Waals surface area (Å²) in [6.07, 6.45) is 0.879. The summed E-state index contributed by atoms with van der Waals surface area (Å²) in [5.74, 6) is 0.338. The predicted octanol–water partition coefficient (Wildman–Crippen LogP) is 0.855. The summed E-state index contributed by atoms with van der Waals surface area (Å²) in [6.45, 7) is 8.92. The van der Waals surface area contributed by atoms with Crippen molar-refractivity contribution >= 4 is 5.97 Å². The second kappa shape index (κ2) is 5.15. The van der Waals surface area contributed by atoms with E-state index >= 15 is 0 Å². The van der Waals surface area contributed by atoms with Crippen LogP contribution in [0.4, 0.5) is 0 Å². The van der Waals surface area contributed by atoms with E-state index in [9.17, 15) is 4.79 Å². The van der Waals surface area contributed by atoms with Crippen LogP contribution in [0.5, 0.6) is 0 Å². The molecule has 0 aromatic heterocycles. The summed E-state index contributed by atoms with van der Waals surface area (Å²) in [6, 6.07) is 0. The van der Waals surface area contributed by atoms with Gasteiger partial charge >= 0.3 is 5.97 Å². The number of nitrogens with zero attached hydrogens (tertiary/aromatic N) is 1. The van der Waals surface area contributed by atoms with Gasteiger partial charge in [-0.1, -0.05) is 6.92 Å². The van der Waals surface area contributed by atoms with Crippen LogP contribution in [0, 0.1) is 11.8 Å². The lowest BCUT2D eigenvalue weighted by molar-refractivity contribution is -0.149. The maximum atomic E-state index is 11.5. The number of carbonyl (C=O) groups is 1. The summed E-state index contributed by atoms with van der Waals surface area (Å²) < 4.78 is 4.81. The number of nitrogens with two attached hydrogens (primary N) is 1. The Bertz CT molecular complexity index is 248. The Labute approximate surface area is 98.1 Å². The topological polar surface area (TPSA) is 55.6 Å². The van der Waals surface area contributed by atoms with Crippen molar-refractivity contribution in [1.29, 1.82) is 0 Å². The Morgan fingerprint density at radius 1 is 1.56 bits per heavy atom. The molecule has 1 aliphatic heterocycles. The van der Waals surface area contributed by atoms with E-state index in [1.807, 2.05) is 13.8 Å². The Hall–Kier alpha value is -0.610. The first-order valence-corrected chi connectivity index (χ1v) is 5.92. The zero-order valence-corrected chi connectivity index (χ0v) is 10.8. The Balaban J connectivity index is 2.48. The molecule has 0 aromatic rings.